The molecule has 1 atom stereocenters. The van der Waals surface area contributed by atoms with Crippen molar-refractivity contribution in [3.05, 3.63) is 23.8 Å². The van der Waals surface area contributed by atoms with Gasteiger partial charge in [-0.15, -0.1) is 0 Å². The number of aliphatic hydroxyl groups excluding tert-OH is 1. The Morgan fingerprint density at radius 2 is 1.83 bits per heavy atom. The maximum Gasteiger partial charge on any atom is 0.161 e. The lowest BCUT2D eigenvalue weighted by molar-refractivity contribution is 0.0497. The number of ether oxygens (including phenoxy) is 2. The van der Waals surface area contributed by atoms with Crippen LogP contribution in [0.4, 0.5) is 0 Å². The van der Waals surface area contributed by atoms with Crippen LogP contribution in [0.1, 0.15) is 18.4 Å². The van der Waals surface area contributed by atoms with E-state index in [1.54, 1.807) is 7.11 Å². The highest BCUT2D eigenvalue weighted by Crippen LogP contribution is 2.29. The van der Waals surface area contributed by atoms with Gasteiger partial charge in [0.25, 0.3) is 0 Å². The summed E-state index contributed by atoms with van der Waals surface area (Å²) in [5.74, 6) is 1.56. The lowest BCUT2D eigenvalue weighted by atomic mass is 9.98. The van der Waals surface area contributed by atoms with Gasteiger partial charge in [-0.05, 0) is 50.7 Å². The van der Waals surface area contributed by atoms with Crippen molar-refractivity contribution in [3.8, 4) is 17.6 Å². The molecule has 2 saturated heterocycles. The zero-order valence-corrected chi connectivity index (χ0v) is 17.7. The first-order valence-electron chi connectivity index (χ1n) is 10.6. The summed E-state index contributed by atoms with van der Waals surface area (Å²) in [6.07, 6.45) is 1.35. The van der Waals surface area contributed by atoms with Gasteiger partial charge in [0, 0.05) is 45.2 Å². The number of likely N-dealkylation sites (N-methyl/N-ethyl adjacent to an activating group) is 1. The Morgan fingerprint density at radius 1 is 1.10 bits per heavy atom. The van der Waals surface area contributed by atoms with E-state index in [0.717, 1.165) is 64.2 Å². The molecule has 7 nitrogen and oxygen atoms in total. The van der Waals surface area contributed by atoms with Gasteiger partial charge in [-0.1, -0.05) is 6.07 Å². The summed E-state index contributed by atoms with van der Waals surface area (Å²) in [6.45, 7) is 7.65. The van der Waals surface area contributed by atoms with E-state index in [-0.39, 0.29) is 12.5 Å². The van der Waals surface area contributed by atoms with Crippen LogP contribution in [0, 0.1) is 17.2 Å². The van der Waals surface area contributed by atoms with Crippen LogP contribution in [-0.4, -0.2) is 92.5 Å². The number of β-amino-alcohol motifs (C(OH)–C–C–N with tert-alkyl or cyclic N) is 1. The number of piperazine rings is 1. The molecule has 2 heterocycles. The first kappa shape index (κ1) is 21.8. The van der Waals surface area contributed by atoms with E-state index in [4.69, 9.17) is 14.7 Å². The van der Waals surface area contributed by atoms with Crippen LogP contribution < -0.4 is 9.47 Å². The average Bonchev–Trinajstić information content (AvgIpc) is 2.74. The minimum Gasteiger partial charge on any atom is -0.493 e. The van der Waals surface area contributed by atoms with Crippen molar-refractivity contribution in [2.45, 2.75) is 25.5 Å². The number of methoxy groups -OCH3 is 1. The summed E-state index contributed by atoms with van der Waals surface area (Å²) in [6, 6.07) is 8.38. The van der Waals surface area contributed by atoms with E-state index in [9.17, 15) is 5.11 Å². The van der Waals surface area contributed by atoms with Gasteiger partial charge >= 0.3 is 0 Å². The second-order valence-corrected chi connectivity index (χ2v) is 8.23. The number of likely N-dealkylation sites (tertiary alicyclic amines) is 1. The summed E-state index contributed by atoms with van der Waals surface area (Å²) in [7, 11) is 3.76. The number of aliphatic hydroxyl groups is 1. The minimum atomic E-state index is -0.531. The van der Waals surface area contributed by atoms with Crippen molar-refractivity contribution >= 4 is 0 Å². The molecule has 7 heteroatoms. The van der Waals surface area contributed by atoms with Crippen molar-refractivity contribution < 1.29 is 14.6 Å². The smallest absolute Gasteiger partial charge is 0.161 e. The second kappa shape index (κ2) is 10.8. The number of rotatable bonds is 8. The van der Waals surface area contributed by atoms with Crippen molar-refractivity contribution in [1.82, 2.24) is 14.7 Å². The molecule has 1 N–H and O–H groups in total. The van der Waals surface area contributed by atoms with Gasteiger partial charge in [-0.25, -0.2) is 0 Å². The Bertz CT molecular complexity index is 677. The zero-order valence-electron chi connectivity index (χ0n) is 17.7. The highest BCUT2D eigenvalue weighted by atomic mass is 16.5. The normalized spacial score (nSPS) is 20.9. The number of hydrogen-bond acceptors (Lipinski definition) is 7. The molecule has 160 valence electrons. The Balaban J connectivity index is 1.51. The van der Waals surface area contributed by atoms with Gasteiger partial charge in [0.15, 0.2) is 11.5 Å². The van der Waals surface area contributed by atoms with Gasteiger partial charge in [-0.3, -0.25) is 9.80 Å². The Morgan fingerprint density at radius 3 is 2.48 bits per heavy atom. The van der Waals surface area contributed by atoms with Crippen LogP contribution in [-0.2, 0) is 6.54 Å². The zero-order chi connectivity index (χ0) is 20.6. The van der Waals surface area contributed by atoms with E-state index in [0.29, 0.717) is 18.0 Å². The highest BCUT2D eigenvalue weighted by Gasteiger charge is 2.20. The molecule has 0 spiro atoms. The molecule has 1 aromatic carbocycles. The van der Waals surface area contributed by atoms with Crippen LogP contribution in [0.5, 0.6) is 11.5 Å². The fraction of sp³-hybridized carbons (Fsp3) is 0.682. The third-order valence-corrected chi connectivity index (χ3v) is 5.90. The molecular formula is C22H34N4O3. The SMILES string of the molecule is COc1ccc(CN2CCC(C#N)CC2)cc1OC[C@H](O)CN1CCN(C)CC1. The van der Waals surface area contributed by atoms with Crippen LogP contribution >= 0.6 is 0 Å². The van der Waals surface area contributed by atoms with Crippen LogP contribution in [0.15, 0.2) is 18.2 Å². The van der Waals surface area contributed by atoms with Crippen molar-refractivity contribution in [1.29, 1.82) is 5.26 Å². The van der Waals surface area contributed by atoms with Crippen LogP contribution in [0.3, 0.4) is 0 Å². The molecule has 0 radical (unpaired) electrons. The first-order chi connectivity index (χ1) is 14.1. The summed E-state index contributed by atoms with van der Waals surface area (Å²) in [5, 5.41) is 19.5. The van der Waals surface area contributed by atoms with E-state index >= 15 is 0 Å². The fourth-order valence-electron chi connectivity index (χ4n) is 3.98. The van der Waals surface area contributed by atoms with Crippen molar-refractivity contribution in [2.24, 2.45) is 5.92 Å². The van der Waals surface area contributed by atoms with Gasteiger partial charge in [0.1, 0.15) is 12.7 Å². The van der Waals surface area contributed by atoms with Crippen LogP contribution in [0.25, 0.3) is 0 Å². The topological polar surface area (TPSA) is 72.2 Å². The lowest BCUT2D eigenvalue weighted by Gasteiger charge is -2.33. The molecule has 0 saturated carbocycles. The lowest BCUT2D eigenvalue weighted by Crippen LogP contribution is -2.47. The molecular weight excluding hydrogens is 368 g/mol. The number of nitrogens with zero attached hydrogens (tertiary/aromatic N) is 4. The molecule has 0 unspecified atom stereocenters. The monoisotopic (exact) mass is 402 g/mol. The largest absolute Gasteiger partial charge is 0.493 e. The summed E-state index contributed by atoms with van der Waals surface area (Å²) in [5.41, 5.74) is 1.16. The number of hydrogen-bond donors (Lipinski definition) is 1. The molecule has 0 bridgehead atoms. The Labute approximate surface area is 174 Å². The number of benzene rings is 1. The number of piperidine rings is 1. The molecule has 2 fully saturated rings. The molecule has 29 heavy (non-hydrogen) atoms. The van der Waals surface area contributed by atoms with Gasteiger partial charge < -0.3 is 19.5 Å². The maximum atomic E-state index is 10.4. The molecule has 1 aromatic rings. The Hall–Kier alpha value is -1.85. The molecule has 3 rings (SSSR count). The van der Waals surface area contributed by atoms with E-state index < -0.39 is 6.10 Å². The van der Waals surface area contributed by atoms with Crippen molar-refractivity contribution in [3.63, 3.8) is 0 Å². The molecule has 0 aliphatic carbocycles. The van der Waals surface area contributed by atoms with E-state index in [1.165, 1.54) is 0 Å². The van der Waals surface area contributed by atoms with Gasteiger partial charge in [-0.2, -0.15) is 5.26 Å². The van der Waals surface area contributed by atoms with Crippen molar-refractivity contribution in [2.75, 3.05) is 66.6 Å². The standard InChI is InChI=1S/C22H34N4O3/c1-24-9-11-26(12-10-24)16-20(27)17-29-22-13-19(3-4-21(22)28-2)15-25-7-5-18(14-23)6-8-25/h3-4,13,18,20,27H,5-12,15-17H2,1-2H3/t20-/m1/s1. The predicted molar refractivity (Wildman–Crippen MR) is 112 cm³/mol. The van der Waals surface area contributed by atoms with Crippen LogP contribution in [0.2, 0.25) is 0 Å². The van der Waals surface area contributed by atoms with E-state index in [2.05, 4.69) is 33.9 Å². The fourth-order valence-corrected chi connectivity index (χ4v) is 3.98. The summed E-state index contributed by atoms with van der Waals surface area (Å²) >= 11 is 0. The molecule has 2 aliphatic heterocycles. The maximum absolute atomic E-state index is 10.4. The summed E-state index contributed by atoms with van der Waals surface area (Å²) in [4.78, 5) is 6.97. The third kappa shape index (κ3) is 6.58. The Kier molecular flexibility index (Phi) is 8.13. The number of nitriles is 1. The summed E-state index contributed by atoms with van der Waals surface area (Å²) < 4.78 is 11.4. The van der Waals surface area contributed by atoms with E-state index in [1.807, 2.05) is 12.1 Å². The molecule has 0 amide bonds. The molecule has 2 aliphatic rings. The highest BCUT2D eigenvalue weighted by molar-refractivity contribution is 5.43. The first-order valence-corrected chi connectivity index (χ1v) is 10.6. The van der Waals surface area contributed by atoms with Gasteiger partial charge in [0.2, 0.25) is 0 Å². The predicted octanol–water partition coefficient (Wildman–Crippen LogP) is 1.42. The van der Waals surface area contributed by atoms with Gasteiger partial charge in [0.05, 0.1) is 13.2 Å². The molecule has 0 aromatic heterocycles. The average molecular weight is 403 g/mol. The second-order valence-electron chi connectivity index (χ2n) is 8.23. The third-order valence-electron chi connectivity index (χ3n) is 5.90. The quantitative estimate of drug-likeness (QED) is 0.705. The minimum absolute atomic E-state index is 0.197.